The summed E-state index contributed by atoms with van der Waals surface area (Å²) >= 11 is 0. The van der Waals surface area contributed by atoms with Gasteiger partial charge in [-0.25, -0.2) is 4.79 Å². The molecule has 1 aromatic carbocycles. The molecule has 0 heterocycles. The second kappa shape index (κ2) is 8.14. The monoisotopic (exact) mass is 294 g/mol. The first kappa shape index (κ1) is 16.8. The quantitative estimate of drug-likeness (QED) is 0.590. The van der Waals surface area contributed by atoms with E-state index in [2.05, 4.69) is 5.32 Å². The van der Waals surface area contributed by atoms with Crippen LogP contribution in [0.15, 0.2) is 18.2 Å². The molecule has 0 aliphatic heterocycles. The summed E-state index contributed by atoms with van der Waals surface area (Å²) in [6, 6.07) is 4.95. The fourth-order valence-corrected chi connectivity index (χ4v) is 1.73. The Morgan fingerprint density at radius 3 is 2.67 bits per heavy atom. The van der Waals surface area contributed by atoms with Gasteiger partial charge >= 0.3 is 5.97 Å². The van der Waals surface area contributed by atoms with Gasteiger partial charge in [-0.3, -0.25) is 4.79 Å². The van der Waals surface area contributed by atoms with E-state index in [0.29, 0.717) is 18.0 Å². The molecular formula is C15H22N2O4. The van der Waals surface area contributed by atoms with Crippen molar-refractivity contribution < 1.29 is 19.1 Å². The molecular weight excluding hydrogens is 272 g/mol. The van der Waals surface area contributed by atoms with E-state index in [-0.39, 0.29) is 30.5 Å². The van der Waals surface area contributed by atoms with Gasteiger partial charge in [-0.1, -0.05) is 6.07 Å². The van der Waals surface area contributed by atoms with Crippen molar-refractivity contribution in [3.05, 3.63) is 23.8 Å². The van der Waals surface area contributed by atoms with Crippen molar-refractivity contribution in [3.63, 3.8) is 0 Å². The zero-order valence-corrected chi connectivity index (χ0v) is 12.6. The van der Waals surface area contributed by atoms with Crippen LogP contribution in [0.3, 0.4) is 0 Å². The number of nitrogen functional groups attached to an aromatic ring is 1. The van der Waals surface area contributed by atoms with Crippen molar-refractivity contribution >= 4 is 17.6 Å². The van der Waals surface area contributed by atoms with Crippen LogP contribution in [0.5, 0.6) is 5.75 Å². The molecule has 0 atom stereocenters. The van der Waals surface area contributed by atoms with Gasteiger partial charge < -0.3 is 20.5 Å². The van der Waals surface area contributed by atoms with E-state index in [0.717, 1.165) is 0 Å². The fraction of sp³-hybridized carbons (Fsp3) is 0.467. The molecule has 0 aliphatic rings. The van der Waals surface area contributed by atoms with Crippen molar-refractivity contribution in [2.75, 3.05) is 18.9 Å². The van der Waals surface area contributed by atoms with Crippen LogP contribution in [-0.2, 0) is 9.53 Å². The summed E-state index contributed by atoms with van der Waals surface area (Å²) < 4.78 is 10.5. The molecule has 1 rings (SSSR count). The molecule has 1 amide bonds. The molecule has 6 heteroatoms. The lowest BCUT2D eigenvalue weighted by Gasteiger charge is -2.12. The van der Waals surface area contributed by atoms with Gasteiger partial charge in [0.25, 0.3) is 0 Å². The molecule has 0 bridgehead atoms. The summed E-state index contributed by atoms with van der Waals surface area (Å²) in [4.78, 5) is 23.5. The summed E-state index contributed by atoms with van der Waals surface area (Å²) in [7, 11) is 0. The summed E-state index contributed by atoms with van der Waals surface area (Å²) in [5.41, 5.74) is 6.42. The van der Waals surface area contributed by atoms with Crippen LogP contribution in [0.4, 0.5) is 5.69 Å². The smallest absolute Gasteiger partial charge is 0.342 e. The van der Waals surface area contributed by atoms with E-state index in [4.69, 9.17) is 15.2 Å². The zero-order chi connectivity index (χ0) is 15.8. The van der Waals surface area contributed by atoms with Gasteiger partial charge in [-0.15, -0.1) is 0 Å². The van der Waals surface area contributed by atoms with Crippen molar-refractivity contribution in [3.8, 4) is 5.75 Å². The molecule has 0 aromatic heterocycles. The van der Waals surface area contributed by atoms with Crippen LogP contribution in [0.1, 0.15) is 37.6 Å². The summed E-state index contributed by atoms with van der Waals surface area (Å²) in [5, 5.41) is 2.72. The molecule has 0 spiro atoms. The van der Waals surface area contributed by atoms with Crippen LogP contribution < -0.4 is 15.8 Å². The molecule has 21 heavy (non-hydrogen) atoms. The van der Waals surface area contributed by atoms with Gasteiger partial charge in [-0.05, 0) is 32.9 Å². The molecule has 3 N–H and O–H groups in total. The maximum Gasteiger partial charge on any atom is 0.342 e. The molecule has 0 saturated heterocycles. The molecule has 0 saturated carbocycles. The Labute approximate surface area is 124 Å². The predicted molar refractivity (Wildman–Crippen MR) is 80.2 cm³/mol. The van der Waals surface area contributed by atoms with Crippen LogP contribution in [0.25, 0.3) is 0 Å². The number of amides is 1. The minimum absolute atomic E-state index is 0.0117. The SMILES string of the molecule is CCOc1c(N)cccc1C(=O)OCCC(=O)NC(C)C. The molecule has 116 valence electrons. The van der Waals surface area contributed by atoms with Crippen LogP contribution in [-0.4, -0.2) is 31.1 Å². The Hall–Kier alpha value is -2.24. The number of para-hydroxylation sites is 1. The average Bonchev–Trinajstić information content (AvgIpc) is 2.40. The van der Waals surface area contributed by atoms with E-state index < -0.39 is 5.97 Å². The number of carbonyl (C=O) groups excluding carboxylic acids is 2. The lowest BCUT2D eigenvalue weighted by molar-refractivity contribution is -0.122. The Balaban J connectivity index is 2.60. The molecule has 6 nitrogen and oxygen atoms in total. The molecule has 0 fully saturated rings. The second-order valence-corrected chi connectivity index (χ2v) is 4.77. The Kier molecular flexibility index (Phi) is 6.52. The first-order valence-corrected chi connectivity index (χ1v) is 6.93. The fourth-order valence-electron chi connectivity index (χ4n) is 1.73. The number of carbonyl (C=O) groups is 2. The van der Waals surface area contributed by atoms with Crippen LogP contribution in [0, 0.1) is 0 Å². The lowest BCUT2D eigenvalue weighted by Crippen LogP contribution is -2.31. The zero-order valence-electron chi connectivity index (χ0n) is 12.6. The predicted octanol–water partition coefficient (Wildman–Crippen LogP) is 1.74. The average molecular weight is 294 g/mol. The van der Waals surface area contributed by atoms with Gasteiger partial charge in [0.05, 0.1) is 18.7 Å². The van der Waals surface area contributed by atoms with E-state index in [1.807, 2.05) is 13.8 Å². The van der Waals surface area contributed by atoms with Crippen LogP contribution >= 0.6 is 0 Å². The maximum absolute atomic E-state index is 12.0. The highest BCUT2D eigenvalue weighted by molar-refractivity contribution is 5.94. The highest BCUT2D eigenvalue weighted by Gasteiger charge is 2.16. The lowest BCUT2D eigenvalue weighted by atomic mass is 10.1. The number of hydrogen-bond donors (Lipinski definition) is 2. The Morgan fingerprint density at radius 2 is 2.05 bits per heavy atom. The second-order valence-electron chi connectivity index (χ2n) is 4.77. The van der Waals surface area contributed by atoms with Crippen molar-refractivity contribution in [2.45, 2.75) is 33.2 Å². The minimum Gasteiger partial charge on any atom is -0.491 e. The normalized spacial score (nSPS) is 10.3. The number of nitrogens with two attached hydrogens (primary N) is 1. The third-order valence-electron chi connectivity index (χ3n) is 2.57. The highest BCUT2D eigenvalue weighted by atomic mass is 16.5. The number of hydrogen-bond acceptors (Lipinski definition) is 5. The van der Waals surface area contributed by atoms with Gasteiger partial charge in [-0.2, -0.15) is 0 Å². The molecule has 0 unspecified atom stereocenters. The Morgan fingerprint density at radius 1 is 1.33 bits per heavy atom. The van der Waals surface area contributed by atoms with Gasteiger partial charge in [0.2, 0.25) is 5.91 Å². The number of ether oxygens (including phenoxy) is 2. The van der Waals surface area contributed by atoms with E-state index >= 15 is 0 Å². The summed E-state index contributed by atoms with van der Waals surface area (Å²) in [6.07, 6.45) is 0.121. The molecule has 0 radical (unpaired) electrons. The standard InChI is InChI=1S/C15H22N2O4/c1-4-20-14-11(6-5-7-12(14)16)15(19)21-9-8-13(18)17-10(2)3/h5-7,10H,4,8-9,16H2,1-3H3,(H,17,18). The van der Waals surface area contributed by atoms with Crippen LogP contribution in [0.2, 0.25) is 0 Å². The minimum atomic E-state index is -0.553. The van der Waals surface area contributed by atoms with E-state index in [1.54, 1.807) is 25.1 Å². The molecule has 1 aromatic rings. The summed E-state index contributed by atoms with van der Waals surface area (Å²) in [5.74, 6) is -0.393. The van der Waals surface area contributed by atoms with Gasteiger partial charge in [0.15, 0.2) is 5.75 Å². The summed E-state index contributed by atoms with van der Waals surface area (Å²) in [6.45, 7) is 5.94. The number of benzene rings is 1. The largest absolute Gasteiger partial charge is 0.491 e. The highest BCUT2D eigenvalue weighted by Crippen LogP contribution is 2.27. The third kappa shape index (κ3) is 5.33. The first-order valence-electron chi connectivity index (χ1n) is 6.93. The molecule has 0 aliphatic carbocycles. The third-order valence-corrected chi connectivity index (χ3v) is 2.57. The number of nitrogens with one attached hydrogen (secondary N) is 1. The van der Waals surface area contributed by atoms with E-state index in [9.17, 15) is 9.59 Å². The topological polar surface area (TPSA) is 90.7 Å². The number of esters is 1. The maximum atomic E-state index is 12.0. The number of rotatable bonds is 7. The van der Waals surface area contributed by atoms with Crippen molar-refractivity contribution in [1.82, 2.24) is 5.32 Å². The van der Waals surface area contributed by atoms with Crippen molar-refractivity contribution in [1.29, 1.82) is 0 Å². The number of anilines is 1. The Bertz CT molecular complexity index is 500. The van der Waals surface area contributed by atoms with E-state index in [1.165, 1.54) is 0 Å². The van der Waals surface area contributed by atoms with Gasteiger partial charge in [0, 0.05) is 6.04 Å². The van der Waals surface area contributed by atoms with Gasteiger partial charge in [0.1, 0.15) is 12.2 Å². The van der Waals surface area contributed by atoms with Crippen molar-refractivity contribution in [2.24, 2.45) is 0 Å². The first-order chi connectivity index (χ1) is 9.95.